The molecule has 0 heterocycles. The summed E-state index contributed by atoms with van der Waals surface area (Å²) in [7, 11) is 3.39. The molecule has 1 atom stereocenters. The van der Waals surface area contributed by atoms with E-state index in [-0.39, 0.29) is 0 Å². The van der Waals surface area contributed by atoms with Crippen LogP contribution in [-0.2, 0) is 12.8 Å². The van der Waals surface area contributed by atoms with E-state index in [1.807, 2.05) is 0 Å². The second-order valence-electron chi connectivity index (χ2n) is 5.33. The molecule has 2 heteroatoms. The molecule has 0 bridgehead atoms. The Labute approximate surface area is 120 Å². The Kier molecular flexibility index (Phi) is 3.64. The summed E-state index contributed by atoms with van der Waals surface area (Å²) in [5, 5.41) is 0. The van der Waals surface area contributed by atoms with Crippen molar-refractivity contribution in [3.63, 3.8) is 0 Å². The Balaban J connectivity index is 1.89. The normalized spacial score (nSPS) is 16.8. The van der Waals surface area contributed by atoms with Crippen LogP contribution in [0.3, 0.4) is 0 Å². The lowest BCUT2D eigenvalue weighted by Crippen LogP contribution is -2.00. The SMILES string of the molecule is COc1cc2c(cc1OC)C(Cc1ccccc1)CC2. The van der Waals surface area contributed by atoms with E-state index in [1.54, 1.807) is 14.2 Å². The highest BCUT2D eigenvalue weighted by atomic mass is 16.5. The summed E-state index contributed by atoms with van der Waals surface area (Å²) < 4.78 is 10.8. The molecule has 2 aromatic rings. The molecule has 2 nitrogen and oxygen atoms in total. The van der Waals surface area contributed by atoms with Gasteiger partial charge in [-0.15, -0.1) is 0 Å². The molecule has 0 saturated carbocycles. The van der Waals surface area contributed by atoms with Crippen molar-refractivity contribution in [1.29, 1.82) is 0 Å². The maximum atomic E-state index is 5.44. The topological polar surface area (TPSA) is 18.5 Å². The minimum Gasteiger partial charge on any atom is -0.493 e. The van der Waals surface area contributed by atoms with Crippen LogP contribution in [0.2, 0.25) is 0 Å². The molecule has 0 radical (unpaired) electrons. The summed E-state index contributed by atoms with van der Waals surface area (Å²) in [6, 6.07) is 15.0. The third kappa shape index (κ3) is 2.38. The van der Waals surface area contributed by atoms with Gasteiger partial charge in [0.05, 0.1) is 14.2 Å². The van der Waals surface area contributed by atoms with Gasteiger partial charge in [0.25, 0.3) is 0 Å². The first-order valence-electron chi connectivity index (χ1n) is 7.10. The van der Waals surface area contributed by atoms with Gasteiger partial charge in [0, 0.05) is 0 Å². The summed E-state index contributed by atoms with van der Waals surface area (Å²) in [6.07, 6.45) is 3.44. The molecule has 0 amide bonds. The zero-order chi connectivity index (χ0) is 13.9. The zero-order valence-corrected chi connectivity index (χ0v) is 12.1. The van der Waals surface area contributed by atoms with E-state index in [1.165, 1.54) is 23.1 Å². The van der Waals surface area contributed by atoms with Crippen LogP contribution in [0, 0.1) is 0 Å². The third-order valence-corrected chi connectivity index (χ3v) is 4.17. The Hall–Kier alpha value is -1.96. The van der Waals surface area contributed by atoms with E-state index in [2.05, 4.69) is 42.5 Å². The lowest BCUT2D eigenvalue weighted by Gasteiger charge is -2.14. The largest absolute Gasteiger partial charge is 0.493 e. The number of ether oxygens (including phenoxy) is 2. The first-order valence-corrected chi connectivity index (χ1v) is 7.10. The van der Waals surface area contributed by atoms with Crippen molar-refractivity contribution in [3.05, 3.63) is 59.2 Å². The molecule has 0 spiro atoms. The van der Waals surface area contributed by atoms with Gasteiger partial charge in [0.1, 0.15) is 0 Å². The average molecular weight is 268 g/mol. The molecule has 0 N–H and O–H groups in total. The predicted octanol–water partition coefficient (Wildman–Crippen LogP) is 3.98. The molecule has 0 aromatic heterocycles. The molecule has 0 saturated heterocycles. The Morgan fingerprint density at radius 3 is 2.40 bits per heavy atom. The van der Waals surface area contributed by atoms with E-state index in [0.29, 0.717) is 5.92 Å². The fourth-order valence-corrected chi connectivity index (χ4v) is 3.13. The predicted molar refractivity (Wildman–Crippen MR) is 80.8 cm³/mol. The highest BCUT2D eigenvalue weighted by Crippen LogP contribution is 2.41. The number of fused-ring (bicyclic) bond motifs is 1. The van der Waals surface area contributed by atoms with Crippen molar-refractivity contribution < 1.29 is 9.47 Å². The van der Waals surface area contributed by atoms with E-state index < -0.39 is 0 Å². The van der Waals surface area contributed by atoms with Gasteiger partial charge in [-0.25, -0.2) is 0 Å². The molecule has 0 aliphatic heterocycles. The Morgan fingerprint density at radius 1 is 1.00 bits per heavy atom. The number of hydrogen-bond acceptors (Lipinski definition) is 2. The molecular weight excluding hydrogens is 248 g/mol. The number of rotatable bonds is 4. The minimum absolute atomic E-state index is 0.590. The van der Waals surface area contributed by atoms with E-state index >= 15 is 0 Å². The fraction of sp³-hybridized carbons (Fsp3) is 0.333. The molecule has 2 aromatic carbocycles. The molecule has 104 valence electrons. The van der Waals surface area contributed by atoms with Gasteiger partial charge in [-0.3, -0.25) is 0 Å². The molecule has 3 rings (SSSR count). The maximum Gasteiger partial charge on any atom is 0.161 e. The lowest BCUT2D eigenvalue weighted by atomic mass is 9.93. The first kappa shape index (κ1) is 13.0. The van der Waals surface area contributed by atoms with E-state index in [9.17, 15) is 0 Å². The standard InChI is InChI=1S/C18H20O2/c1-19-17-11-15-9-8-14(16(15)12-18(17)20-2)10-13-6-4-3-5-7-13/h3-7,11-12,14H,8-10H2,1-2H3. The Bertz CT molecular complexity index is 590. The highest BCUT2D eigenvalue weighted by Gasteiger charge is 2.25. The van der Waals surface area contributed by atoms with Crippen LogP contribution in [0.25, 0.3) is 0 Å². The van der Waals surface area contributed by atoms with Crippen molar-refractivity contribution in [2.75, 3.05) is 14.2 Å². The van der Waals surface area contributed by atoms with Gasteiger partial charge in [0.15, 0.2) is 11.5 Å². The van der Waals surface area contributed by atoms with Crippen molar-refractivity contribution in [2.45, 2.75) is 25.2 Å². The van der Waals surface area contributed by atoms with Crippen LogP contribution >= 0.6 is 0 Å². The molecular formula is C18H20O2. The molecule has 1 aliphatic carbocycles. The van der Waals surface area contributed by atoms with E-state index in [0.717, 1.165) is 24.3 Å². The van der Waals surface area contributed by atoms with Crippen LogP contribution in [0.15, 0.2) is 42.5 Å². The van der Waals surface area contributed by atoms with Gasteiger partial charge in [-0.2, -0.15) is 0 Å². The molecule has 1 unspecified atom stereocenters. The number of aryl methyl sites for hydroxylation is 1. The van der Waals surface area contributed by atoms with Crippen molar-refractivity contribution in [2.24, 2.45) is 0 Å². The lowest BCUT2D eigenvalue weighted by molar-refractivity contribution is 0.354. The summed E-state index contributed by atoms with van der Waals surface area (Å²) in [6.45, 7) is 0. The monoisotopic (exact) mass is 268 g/mol. The van der Waals surface area contributed by atoms with Crippen LogP contribution in [0.1, 0.15) is 29.0 Å². The minimum atomic E-state index is 0.590. The quantitative estimate of drug-likeness (QED) is 0.835. The van der Waals surface area contributed by atoms with Gasteiger partial charge in [0.2, 0.25) is 0 Å². The Morgan fingerprint density at radius 2 is 1.70 bits per heavy atom. The molecule has 0 fully saturated rings. The maximum absolute atomic E-state index is 5.44. The zero-order valence-electron chi connectivity index (χ0n) is 12.1. The number of benzene rings is 2. The first-order chi connectivity index (χ1) is 9.81. The smallest absolute Gasteiger partial charge is 0.161 e. The van der Waals surface area contributed by atoms with Crippen molar-refractivity contribution >= 4 is 0 Å². The van der Waals surface area contributed by atoms with Crippen molar-refractivity contribution in [3.8, 4) is 11.5 Å². The van der Waals surface area contributed by atoms with Gasteiger partial charge < -0.3 is 9.47 Å². The molecule has 20 heavy (non-hydrogen) atoms. The second-order valence-corrected chi connectivity index (χ2v) is 5.33. The fourth-order valence-electron chi connectivity index (χ4n) is 3.13. The number of hydrogen-bond donors (Lipinski definition) is 0. The number of methoxy groups -OCH3 is 2. The molecule has 1 aliphatic rings. The van der Waals surface area contributed by atoms with Crippen LogP contribution in [-0.4, -0.2) is 14.2 Å². The van der Waals surface area contributed by atoms with Crippen LogP contribution in [0.4, 0.5) is 0 Å². The second kappa shape index (κ2) is 5.58. The summed E-state index contributed by atoms with van der Waals surface area (Å²) in [5.41, 5.74) is 4.23. The van der Waals surface area contributed by atoms with Gasteiger partial charge in [-0.05, 0) is 54.0 Å². The van der Waals surface area contributed by atoms with Gasteiger partial charge >= 0.3 is 0 Å². The van der Waals surface area contributed by atoms with Gasteiger partial charge in [-0.1, -0.05) is 30.3 Å². The summed E-state index contributed by atoms with van der Waals surface area (Å²) in [4.78, 5) is 0. The summed E-state index contributed by atoms with van der Waals surface area (Å²) in [5.74, 6) is 2.27. The van der Waals surface area contributed by atoms with E-state index in [4.69, 9.17) is 9.47 Å². The third-order valence-electron chi connectivity index (χ3n) is 4.17. The average Bonchev–Trinajstić information content (AvgIpc) is 2.89. The summed E-state index contributed by atoms with van der Waals surface area (Å²) >= 11 is 0. The van der Waals surface area contributed by atoms with Crippen molar-refractivity contribution in [1.82, 2.24) is 0 Å². The van der Waals surface area contributed by atoms with Crippen LogP contribution < -0.4 is 9.47 Å². The highest BCUT2D eigenvalue weighted by molar-refractivity contribution is 5.50. The van der Waals surface area contributed by atoms with Crippen LogP contribution in [0.5, 0.6) is 11.5 Å².